The highest BCUT2D eigenvalue weighted by Gasteiger charge is 2.33. The van der Waals surface area contributed by atoms with Crippen molar-refractivity contribution in [2.75, 3.05) is 14.1 Å². The van der Waals surface area contributed by atoms with Crippen LogP contribution >= 0.6 is 0 Å². The van der Waals surface area contributed by atoms with E-state index in [-0.39, 0.29) is 5.54 Å². The summed E-state index contributed by atoms with van der Waals surface area (Å²) < 4.78 is 1.76. The van der Waals surface area contributed by atoms with Gasteiger partial charge in [-0.3, -0.25) is 4.68 Å². The Morgan fingerprint density at radius 1 is 1.56 bits per heavy atom. The van der Waals surface area contributed by atoms with Crippen molar-refractivity contribution in [3.8, 4) is 0 Å². The summed E-state index contributed by atoms with van der Waals surface area (Å²) in [6.45, 7) is 4.18. The van der Waals surface area contributed by atoms with Crippen molar-refractivity contribution in [1.29, 1.82) is 0 Å². The number of hydrogen-bond acceptors (Lipinski definition) is 3. The molecule has 1 heterocycles. The van der Waals surface area contributed by atoms with Gasteiger partial charge in [0.25, 0.3) is 0 Å². The molecule has 4 heteroatoms. The van der Waals surface area contributed by atoms with E-state index in [0.29, 0.717) is 6.42 Å². The molecule has 0 aromatic carbocycles. The largest absolute Gasteiger partial charge is 0.391 e. The van der Waals surface area contributed by atoms with E-state index >= 15 is 0 Å². The summed E-state index contributed by atoms with van der Waals surface area (Å²) >= 11 is 0. The fourth-order valence-electron chi connectivity index (χ4n) is 1.84. The molecule has 16 heavy (non-hydrogen) atoms. The third kappa shape index (κ3) is 2.62. The molecule has 4 nitrogen and oxygen atoms in total. The number of hydrogen-bond donors (Lipinski definition) is 1. The van der Waals surface area contributed by atoms with E-state index < -0.39 is 6.10 Å². The third-order valence-corrected chi connectivity index (χ3v) is 3.63. The van der Waals surface area contributed by atoms with Gasteiger partial charge in [0.05, 0.1) is 11.8 Å². The van der Waals surface area contributed by atoms with Crippen LogP contribution in [0.4, 0.5) is 0 Å². The van der Waals surface area contributed by atoms with E-state index in [1.54, 1.807) is 4.68 Å². The highest BCUT2D eigenvalue weighted by Crippen LogP contribution is 2.23. The summed E-state index contributed by atoms with van der Waals surface area (Å²) in [6.07, 6.45) is 3.01. The fraction of sp³-hybridized carbons (Fsp3) is 0.750. The quantitative estimate of drug-likeness (QED) is 0.814. The predicted molar refractivity (Wildman–Crippen MR) is 65.3 cm³/mol. The second kappa shape index (κ2) is 4.97. The number of nitrogens with zero attached hydrogens (tertiary/aromatic N) is 3. The Balaban J connectivity index is 2.73. The molecule has 1 aromatic heterocycles. The molecular formula is C12H23N3O. The van der Waals surface area contributed by atoms with Gasteiger partial charge in [0.2, 0.25) is 0 Å². The predicted octanol–water partition coefficient (Wildman–Crippen LogP) is 1.05. The standard InChI is InChI=1S/C12H23N3O/c1-6-12(2,14(3)4)11(16)9-10-7-8-15(5)13-10/h7-8,11,16H,6,9H2,1-5H3. The van der Waals surface area contributed by atoms with Crippen LogP contribution in [0.5, 0.6) is 0 Å². The van der Waals surface area contributed by atoms with E-state index in [1.807, 2.05) is 33.4 Å². The van der Waals surface area contributed by atoms with Gasteiger partial charge in [0.15, 0.2) is 0 Å². The van der Waals surface area contributed by atoms with Gasteiger partial charge in [-0.15, -0.1) is 0 Å². The van der Waals surface area contributed by atoms with Gasteiger partial charge in [0, 0.05) is 25.2 Å². The fourth-order valence-corrected chi connectivity index (χ4v) is 1.84. The van der Waals surface area contributed by atoms with Crippen LogP contribution in [0.2, 0.25) is 0 Å². The number of aliphatic hydroxyl groups is 1. The molecule has 1 aromatic rings. The lowest BCUT2D eigenvalue weighted by atomic mass is 9.87. The van der Waals surface area contributed by atoms with E-state index in [1.165, 1.54) is 0 Å². The molecule has 1 rings (SSSR count). The molecule has 92 valence electrons. The Morgan fingerprint density at radius 2 is 2.19 bits per heavy atom. The van der Waals surface area contributed by atoms with Crippen molar-refractivity contribution < 1.29 is 5.11 Å². The second-order valence-electron chi connectivity index (χ2n) is 4.81. The molecule has 1 N–H and O–H groups in total. The maximum absolute atomic E-state index is 10.3. The molecule has 2 unspecified atom stereocenters. The summed E-state index contributed by atoms with van der Waals surface area (Å²) in [7, 11) is 5.90. The molecule has 0 spiro atoms. The van der Waals surface area contributed by atoms with E-state index in [4.69, 9.17) is 0 Å². The molecule has 0 saturated heterocycles. The average Bonchev–Trinajstić information content (AvgIpc) is 2.62. The van der Waals surface area contributed by atoms with Crippen LogP contribution < -0.4 is 0 Å². The van der Waals surface area contributed by atoms with Crippen LogP contribution in [-0.2, 0) is 13.5 Å². The first-order valence-electron chi connectivity index (χ1n) is 5.74. The summed E-state index contributed by atoms with van der Waals surface area (Å²) in [5.74, 6) is 0. The highest BCUT2D eigenvalue weighted by atomic mass is 16.3. The summed E-state index contributed by atoms with van der Waals surface area (Å²) in [5.41, 5.74) is 0.744. The first kappa shape index (κ1) is 13.2. The molecular weight excluding hydrogens is 202 g/mol. The van der Waals surface area contributed by atoms with Crippen molar-refractivity contribution in [2.24, 2.45) is 7.05 Å². The van der Waals surface area contributed by atoms with Crippen LogP contribution in [-0.4, -0.2) is 45.5 Å². The number of aryl methyl sites for hydroxylation is 1. The van der Waals surface area contributed by atoms with Gasteiger partial charge in [-0.2, -0.15) is 5.10 Å². The Morgan fingerprint density at radius 3 is 2.56 bits per heavy atom. The van der Waals surface area contributed by atoms with Crippen molar-refractivity contribution in [3.05, 3.63) is 18.0 Å². The number of aromatic nitrogens is 2. The molecule has 0 amide bonds. The molecule has 0 radical (unpaired) electrons. The second-order valence-corrected chi connectivity index (χ2v) is 4.81. The normalized spacial score (nSPS) is 17.4. The molecule has 0 bridgehead atoms. The Kier molecular flexibility index (Phi) is 4.10. The molecule has 2 atom stereocenters. The highest BCUT2D eigenvalue weighted by molar-refractivity contribution is 5.04. The Labute approximate surface area is 97.9 Å². The van der Waals surface area contributed by atoms with Gasteiger partial charge in [0.1, 0.15) is 0 Å². The minimum atomic E-state index is -0.401. The minimum Gasteiger partial charge on any atom is -0.391 e. The van der Waals surface area contributed by atoms with Crippen molar-refractivity contribution >= 4 is 0 Å². The zero-order valence-electron chi connectivity index (χ0n) is 10.9. The third-order valence-electron chi connectivity index (χ3n) is 3.63. The zero-order valence-corrected chi connectivity index (χ0v) is 10.9. The summed E-state index contributed by atoms with van der Waals surface area (Å²) in [4.78, 5) is 2.08. The Bertz CT molecular complexity index is 335. The molecule has 0 aliphatic carbocycles. The maximum atomic E-state index is 10.3. The van der Waals surface area contributed by atoms with Gasteiger partial charge in [-0.05, 0) is 33.5 Å². The number of likely N-dealkylation sites (N-methyl/N-ethyl adjacent to an activating group) is 1. The summed E-state index contributed by atoms with van der Waals surface area (Å²) in [5, 5.41) is 14.6. The van der Waals surface area contributed by atoms with Crippen molar-refractivity contribution in [3.63, 3.8) is 0 Å². The molecule has 0 aliphatic heterocycles. The lowest BCUT2D eigenvalue weighted by Gasteiger charge is -2.39. The smallest absolute Gasteiger partial charge is 0.0776 e. The number of aliphatic hydroxyl groups excluding tert-OH is 1. The van der Waals surface area contributed by atoms with Gasteiger partial charge >= 0.3 is 0 Å². The summed E-state index contributed by atoms with van der Waals surface area (Å²) in [6, 6.07) is 1.95. The van der Waals surface area contributed by atoms with Gasteiger partial charge in [-0.1, -0.05) is 6.92 Å². The Hall–Kier alpha value is -0.870. The molecule has 0 fully saturated rings. The molecule has 0 aliphatic rings. The zero-order chi connectivity index (χ0) is 12.3. The molecule has 0 saturated carbocycles. The van der Waals surface area contributed by atoms with Crippen LogP contribution in [0.25, 0.3) is 0 Å². The minimum absolute atomic E-state index is 0.197. The topological polar surface area (TPSA) is 41.3 Å². The lowest BCUT2D eigenvalue weighted by molar-refractivity contribution is 0.00241. The van der Waals surface area contributed by atoms with Crippen LogP contribution in [0.3, 0.4) is 0 Å². The van der Waals surface area contributed by atoms with Crippen LogP contribution in [0.15, 0.2) is 12.3 Å². The van der Waals surface area contributed by atoms with E-state index in [2.05, 4.69) is 23.8 Å². The van der Waals surface area contributed by atoms with Crippen molar-refractivity contribution in [2.45, 2.75) is 38.3 Å². The number of rotatable bonds is 5. The van der Waals surface area contributed by atoms with Crippen LogP contribution in [0.1, 0.15) is 26.0 Å². The SMILES string of the molecule is CCC(C)(C(O)Cc1ccn(C)n1)N(C)C. The van der Waals surface area contributed by atoms with Gasteiger partial charge in [-0.25, -0.2) is 0 Å². The van der Waals surface area contributed by atoms with Gasteiger partial charge < -0.3 is 10.0 Å². The first-order chi connectivity index (χ1) is 7.40. The maximum Gasteiger partial charge on any atom is 0.0776 e. The first-order valence-corrected chi connectivity index (χ1v) is 5.74. The average molecular weight is 225 g/mol. The van der Waals surface area contributed by atoms with E-state index in [9.17, 15) is 5.11 Å². The van der Waals surface area contributed by atoms with E-state index in [0.717, 1.165) is 12.1 Å². The van der Waals surface area contributed by atoms with Crippen molar-refractivity contribution in [1.82, 2.24) is 14.7 Å². The van der Waals surface area contributed by atoms with Crippen LogP contribution in [0, 0.1) is 0 Å². The lowest BCUT2D eigenvalue weighted by Crippen LogP contribution is -2.51. The monoisotopic (exact) mass is 225 g/mol.